The number of hydrogen-bond donors (Lipinski definition) is 1. The number of nitrogens with one attached hydrogen (secondary N) is 1. The van der Waals surface area contributed by atoms with Crippen molar-refractivity contribution in [3.63, 3.8) is 0 Å². The molecular formula is C19H22N4O3. The van der Waals surface area contributed by atoms with Crippen LogP contribution < -0.4 is 9.64 Å². The third-order valence-corrected chi connectivity index (χ3v) is 5.31. The second kappa shape index (κ2) is 6.48. The average Bonchev–Trinajstić information content (AvgIpc) is 3.27. The zero-order chi connectivity index (χ0) is 18.3. The molecule has 1 saturated heterocycles. The fraction of sp³-hybridized carbons (Fsp3) is 0.421. The maximum Gasteiger partial charge on any atom is 0.275 e. The predicted octanol–water partition coefficient (Wildman–Crippen LogP) is 1.78. The molecule has 1 aliphatic heterocycles. The minimum Gasteiger partial charge on any atom is -0.497 e. The molecule has 4 rings (SSSR count). The Labute approximate surface area is 151 Å². The lowest BCUT2D eigenvalue weighted by Gasteiger charge is -2.39. The number of H-pyrrole nitrogens is 1. The highest BCUT2D eigenvalue weighted by molar-refractivity contribution is 6.03. The number of aromatic amines is 1. The maximum atomic E-state index is 13.0. The number of piperazine rings is 1. The molecule has 2 aromatic rings. The summed E-state index contributed by atoms with van der Waals surface area (Å²) in [4.78, 5) is 29.2. The number of aromatic nitrogens is 2. The molecule has 1 aliphatic carbocycles. The summed E-state index contributed by atoms with van der Waals surface area (Å²) in [5.41, 5.74) is 3.38. The Balaban J connectivity index is 1.53. The van der Waals surface area contributed by atoms with Crippen molar-refractivity contribution in [1.29, 1.82) is 0 Å². The number of nitrogens with zero attached hydrogens (tertiary/aromatic N) is 3. The van der Waals surface area contributed by atoms with Gasteiger partial charge >= 0.3 is 0 Å². The van der Waals surface area contributed by atoms with E-state index in [4.69, 9.17) is 4.74 Å². The molecule has 1 atom stereocenters. The summed E-state index contributed by atoms with van der Waals surface area (Å²) >= 11 is 0. The van der Waals surface area contributed by atoms with Crippen LogP contribution in [0, 0.1) is 0 Å². The molecule has 7 heteroatoms. The summed E-state index contributed by atoms with van der Waals surface area (Å²) in [7, 11) is 1.61. The average molecular weight is 354 g/mol. The van der Waals surface area contributed by atoms with Gasteiger partial charge in [-0.15, -0.1) is 0 Å². The zero-order valence-electron chi connectivity index (χ0n) is 15.0. The fourth-order valence-corrected chi connectivity index (χ4v) is 3.80. The number of fused-ring (bicyclic) bond motifs is 1. The van der Waals surface area contributed by atoms with Crippen molar-refractivity contribution in [2.24, 2.45) is 0 Å². The highest BCUT2D eigenvalue weighted by atomic mass is 16.5. The van der Waals surface area contributed by atoms with Crippen LogP contribution in [-0.4, -0.2) is 53.2 Å². The Hall–Kier alpha value is -2.83. The van der Waals surface area contributed by atoms with Gasteiger partial charge < -0.3 is 14.5 Å². The molecule has 26 heavy (non-hydrogen) atoms. The SMILES string of the molecule is COc1ccc(N2CCN(C(=O)c3n[nH]c4c3CCC4)[C@@H](C)C2=O)cc1. The second-order valence-electron chi connectivity index (χ2n) is 6.75. The first-order chi connectivity index (χ1) is 12.6. The van der Waals surface area contributed by atoms with Crippen LogP contribution in [0.1, 0.15) is 35.1 Å². The number of amides is 2. The van der Waals surface area contributed by atoms with Crippen LogP contribution in [0.25, 0.3) is 0 Å². The van der Waals surface area contributed by atoms with E-state index in [1.54, 1.807) is 23.8 Å². The highest BCUT2D eigenvalue weighted by Gasteiger charge is 2.37. The van der Waals surface area contributed by atoms with Crippen LogP contribution in [0.5, 0.6) is 5.75 Å². The Bertz CT molecular complexity index is 843. The first-order valence-corrected chi connectivity index (χ1v) is 8.92. The summed E-state index contributed by atoms with van der Waals surface area (Å²) in [6.07, 6.45) is 2.86. The number of anilines is 1. The summed E-state index contributed by atoms with van der Waals surface area (Å²) in [5.74, 6) is 0.511. The molecule has 0 bridgehead atoms. The first-order valence-electron chi connectivity index (χ1n) is 8.92. The number of hydrogen-bond acceptors (Lipinski definition) is 4. The molecule has 2 heterocycles. The summed E-state index contributed by atoms with van der Waals surface area (Å²) < 4.78 is 5.16. The van der Waals surface area contributed by atoms with Crippen LogP contribution in [-0.2, 0) is 17.6 Å². The Morgan fingerprint density at radius 2 is 2.00 bits per heavy atom. The Morgan fingerprint density at radius 3 is 2.73 bits per heavy atom. The lowest BCUT2D eigenvalue weighted by Crippen LogP contribution is -2.58. The number of carbonyl (C=O) groups excluding carboxylic acids is 2. The highest BCUT2D eigenvalue weighted by Crippen LogP contribution is 2.27. The molecule has 7 nitrogen and oxygen atoms in total. The molecule has 0 unspecified atom stereocenters. The quantitative estimate of drug-likeness (QED) is 0.911. The van der Waals surface area contributed by atoms with Crippen molar-refractivity contribution in [3.05, 3.63) is 41.2 Å². The van der Waals surface area contributed by atoms with Gasteiger partial charge in [-0.05, 0) is 50.5 Å². The smallest absolute Gasteiger partial charge is 0.275 e. The van der Waals surface area contributed by atoms with Gasteiger partial charge in [-0.3, -0.25) is 14.7 Å². The van der Waals surface area contributed by atoms with Crippen molar-refractivity contribution in [2.45, 2.75) is 32.2 Å². The monoisotopic (exact) mass is 354 g/mol. The van der Waals surface area contributed by atoms with Crippen LogP contribution in [0.2, 0.25) is 0 Å². The van der Waals surface area contributed by atoms with Gasteiger partial charge in [0.25, 0.3) is 5.91 Å². The van der Waals surface area contributed by atoms with Crippen molar-refractivity contribution in [1.82, 2.24) is 15.1 Å². The number of benzene rings is 1. The van der Waals surface area contributed by atoms with E-state index < -0.39 is 6.04 Å². The van der Waals surface area contributed by atoms with E-state index >= 15 is 0 Å². The van der Waals surface area contributed by atoms with E-state index in [2.05, 4.69) is 10.2 Å². The number of aryl methyl sites for hydroxylation is 1. The van der Waals surface area contributed by atoms with E-state index in [1.165, 1.54) is 0 Å². The standard InChI is InChI=1S/C19H22N4O3/c1-12-18(24)23(13-6-8-14(26-2)9-7-13)11-10-22(12)19(25)17-15-4-3-5-16(15)20-21-17/h6-9,12H,3-5,10-11H2,1-2H3,(H,20,21)/t12-/m0/s1. The van der Waals surface area contributed by atoms with Crippen LogP contribution in [0.15, 0.2) is 24.3 Å². The van der Waals surface area contributed by atoms with E-state index in [9.17, 15) is 9.59 Å². The van der Waals surface area contributed by atoms with Crippen LogP contribution in [0.4, 0.5) is 5.69 Å². The normalized spacial score (nSPS) is 19.6. The third kappa shape index (κ3) is 2.64. The molecule has 2 aliphatic rings. The Kier molecular flexibility index (Phi) is 4.14. The number of carbonyl (C=O) groups is 2. The van der Waals surface area contributed by atoms with Gasteiger partial charge in [-0.1, -0.05) is 0 Å². The molecule has 1 aromatic carbocycles. The molecule has 1 N–H and O–H groups in total. The fourth-order valence-electron chi connectivity index (χ4n) is 3.80. The molecular weight excluding hydrogens is 332 g/mol. The third-order valence-electron chi connectivity index (χ3n) is 5.31. The summed E-state index contributed by atoms with van der Waals surface area (Å²) in [5, 5.41) is 7.19. The van der Waals surface area contributed by atoms with E-state index in [0.717, 1.165) is 42.0 Å². The van der Waals surface area contributed by atoms with Gasteiger partial charge in [-0.25, -0.2) is 0 Å². The van der Waals surface area contributed by atoms with Crippen molar-refractivity contribution < 1.29 is 14.3 Å². The van der Waals surface area contributed by atoms with Crippen molar-refractivity contribution in [3.8, 4) is 5.75 Å². The summed E-state index contributed by atoms with van der Waals surface area (Å²) in [6, 6.07) is 6.87. The number of methoxy groups -OCH3 is 1. The van der Waals surface area contributed by atoms with Gasteiger partial charge in [0.15, 0.2) is 5.69 Å². The first kappa shape index (κ1) is 16.6. The van der Waals surface area contributed by atoms with Gasteiger partial charge in [0.1, 0.15) is 11.8 Å². The zero-order valence-corrected chi connectivity index (χ0v) is 15.0. The Morgan fingerprint density at radius 1 is 1.23 bits per heavy atom. The maximum absolute atomic E-state index is 13.0. The topological polar surface area (TPSA) is 78.5 Å². The molecule has 2 amide bonds. The van der Waals surface area contributed by atoms with Gasteiger partial charge in [-0.2, -0.15) is 5.10 Å². The van der Waals surface area contributed by atoms with E-state index in [-0.39, 0.29) is 11.8 Å². The van der Waals surface area contributed by atoms with Crippen LogP contribution >= 0.6 is 0 Å². The predicted molar refractivity (Wildman–Crippen MR) is 96.5 cm³/mol. The van der Waals surface area contributed by atoms with Crippen molar-refractivity contribution in [2.75, 3.05) is 25.1 Å². The number of rotatable bonds is 3. The van der Waals surface area contributed by atoms with Crippen molar-refractivity contribution >= 4 is 17.5 Å². The van der Waals surface area contributed by atoms with Gasteiger partial charge in [0.05, 0.1) is 7.11 Å². The molecule has 0 radical (unpaired) electrons. The minimum absolute atomic E-state index is 0.0815. The molecule has 0 spiro atoms. The number of ether oxygens (including phenoxy) is 1. The molecule has 1 fully saturated rings. The minimum atomic E-state index is -0.521. The summed E-state index contributed by atoms with van der Waals surface area (Å²) in [6.45, 7) is 2.73. The molecule has 0 saturated carbocycles. The lowest BCUT2D eigenvalue weighted by molar-refractivity contribution is -0.124. The van der Waals surface area contributed by atoms with E-state index in [0.29, 0.717) is 18.8 Å². The lowest BCUT2D eigenvalue weighted by atomic mass is 10.1. The van der Waals surface area contributed by atoms with E-state index in [1.807, 2.05) is 24.3 Å². The largest absolute Gasteiger partial charge is 0.497 e. The van der Waals surface area contributed by atoms with Gasteiger partial charge in [0.2, 0.25) is 5.91 Å². The molecule has 1 aromatic heterocycles. The second-order valence-corrected chi connectivity index (χ2v) is 6.75. The van der Waals surface area contributed by atoms with Gasteiger partial charge in [0, 0.05) is 30.0 Å². The molecule has 136 valence electrons. The van der Waals surface area contributed by atoms with Crippen LogP contribution in [0.3, 0.4) is 0 Å².